The summed E-state index contributed by atoms with van der Waals surface area (Å²) >= 11 is 3.46. The van der Waals surface area contributed by atoms with Crippen molar-refractivity contribution in [3.8, 4) is 11.5 Å². The summed E-state index contributed by atoms with van der Waals surface area (Å²) in [5.74, 6) is 0.721. The van der Waals surface area contributed by atoms with E-state index in [1.54, 1.807) is 6.07 Å². The number of hydrogen-bond acceptors (Lipinski definition) is 2. The van der Waals surface area contributed by atoms with Crippen LogP contribution >= 0.6 is 15.9 Å². The summed E-state index contributed by atoms with van der Waals surface area (Å²) in [7, 11) is 0. The van der Waals surface area contributed by atoms with E-state index >= 15 is 0 Å². The molecule has 3 heteroatoms. The fourth-order valence-corrected chi connectivity index (χ4v) is 2.11. The van der Waals surface area contributed by atoms with Crippen LogP contribution < -0.4 is 4.74 Å². The van der Waals surface area contributed by atoms with Crippen molar-refractivity contribution in [3.63, 3.8) is 0 Å². The zero-order valence-corrected chi connectivity index (χ0v) is 9.91. The lowest BCUT2D eigenvalue weighted by Gasteiger charge is -2.09. The number of rotatable bonds is 2. The minimum absolute atomic E-state index is 0.204. The molecular weight excluding hydrogens is 256 g/mol. The van der Waals surface area contributed by atoms with E-state index in [2.05, 4.69) is 15.9 Å². The fourth-order valence-electron chi connectivity index (χ4n) is 1.56. The molecule has 0 atom stereocenters. The summed E-state index contributed by atoms with van der Waals surface area (Å²) in [5, 5.41) is 11.7. The van der Waals surface area contributed by atoms with Crippen molar-refractivity contribution in [2.45, 2.75) is 6.92 Å². The lowest BCUT2D eigenvalue weighted by atomic mass is 10.1. The van der Waals surface area contributed by atoms with Gasteiger partial charge in [0.2, 0.25) is 0 Å². The minimum Gasteiger partial charge on any atom is -0.504 e. The number of fused-ring (bicyclic) bond motifs is 1. The summed E-state index contributed by atoms with van der Waals surface area (Å²) < 4.78 is 6.28. The largest absolute Gasteiger partial charge is 0.504 e. The van der Waals surface area contributed by atoms with Gasteiger partial charge in [-0.1, -0.05) is 40.2 Å². The quantitative estimate of drug-likeness (QED) is 0.898. The van der Waals surface area contributed by atoms with Crippen LogP contribution in [0.15, 0.2) is 34.8 Å². The Morgan fingerprint density at radius 1 is 1.27 bits per heavy atom. The van der Waals surface area contributed by atoms with Crippen LogP contribution in [0, 0.1) is 0 Å². The number of halogens is 1. The van der Waals surface area contributed by atoms with Crippen molar-refractivity contribution in [3.05, 3.63) is 34.8 Å². The molecule has 0 aliphatic heterocycles. The van der Waals surface area contributed by atoms with Crippen molar-refractivity contribution >= 4 is 26.7 Å². The third-order valence-electron chi connectivity index (χ3n) is 2.23. The van der Waals surface area contributed by atoms with E-state index in [9.17, 15) is 5.11 Å². The lowest BCUT2D eigenvalue weighted by Crippen LogP contribution is -1.92. The van der Waals surface area contributed by atoms with E-state index in [1.807, 2.05) is 31.2 Å². The van der Waals surface area contributed by atoms with Gasteiger partial charge < -0.3 is 9.84 Å². The zero-order chi connectivity index (χ0) is 10.8. The summed E-state index contributed by atoms with van der Waals surface area (Å²) in [5.41, 5.74) is 0. The Bertz CT molecular complexity index is 494. The second-order valence-corrected chi connectivity index (χ2v) is 4.04. The van der Waals surface area contributed by atoms with E-state index in [-0.39, 0.29) is 5.75 Å². The van der Waals surface area contributed by atoms with Gasteiger partial charge >= 0.3 is 0 Å². The number of phenols is 1. The van der Waals surface area contributed by atoms with Crippen LogP contribution in [0.25, 0.3) is 10.8 Å². The Balaban J connectivity index is 2.72. The van der Waals surface area contributed by atoms with Crippen LogP contribution in [0.1, 0.15) is 6.92 Å². The molecule has 0 aromatic heterocycles. The molecule has 2 nitrogen and oxygen atoms in total. The number of hydrogen-bond donors (Lipinski definition) is 1. The molecule has 0 amide bonds. The molecule has 0 saturated carbocycles. The van der Waals surface area contributed by atoms with E-state index in [0.29, 0.717) is 12.4 Å². The number of ether oxygens (including phenoxy) is 1. The fraction of sp³-hybridized carbons (Fsp3) is 0.167. The molecule has 0 bridgehead atoms. The monoisotopic (exact) mass is 266 g/mol. The number of phenolic OH excluding ortho intramolecular Hbond substituents is 1. The molecule has 2 aromatic rings. The van der Waals surface area contributed by atoms with Gasteiger partial charge in [-0.2, -0.15) is 0 Å². The second-order valence-electron chi connectivity index (χ2n) is 3.18. The van der Waals surface area contributed by atoms with Gasteiger partial charge in [-0.3, -0.25) is 0 Å². The van der Waals surface area contributed by atoms with E-state index in [4.69, 9.17) is 4.74 Å². The average molecular weight is 267 g/mol. The van der Waals surface area contributed by atoms with Crippen molar-refractivity contribution in [1.82, 2.24) is 0 Å². The van der Waals surface area contributed by atoms with Crippen LogP contribution in [0.4, 0.5) is 0 Å². The average Bonchev–Trinajstić information content (AvgIpc) is 2.26. The van der Waals surface area contributed by atoms with Crippen LogP contribution in [-0.2, 0) is 0 Å². The summed E-state index contributed by atoms with van der Waals surface area (Å²) in [6.45, 7) is 2.43. The highest BCUT2D eigenvalue weighted by molar-refractivity contribution is 9.10. The molecule has 0 aliphatic rings. The summed E-state index contributed by atoms with van der Waals surface area (Å²) in [6.07, 6.45) is 0. The smallest absolute Gasteiger partial charge is 0.165 e. The van der Waals surface area contributed by atoms with Gasteiger partial charge in [0.1, 0.15) is 0 Å². The number of benzene rings is 2. The van der Waals surface area contributed by atoms with Gasteiger partial charge in [0, 0.05) is 9.86 Å². The Morgan fingerprint density at radius 3 is 2.60 bits per heavy atom. The number of aromatic hydroxyl groups is 1. The molecule has 0 unspecified atom stereocenters. The normalized spacial score (nSPS) is 10.5. The molecule has 78 valence electrons. The predicted molar refractivity (Wildman–Crippen MR) is 64.5 cm³/mol. The maximum atomic E-state index is 9.96. The van der Waals surface area contributed by atoms with Crippen LogP contribution in [0.3, 0.4) is 0 Å². The summed E-state index contributed by atoms with van der Waals surface area (Å²) in [4.78, 5) is 0. The first-order valence-corrected chi connectivity index (χ1v) is 5.56. The third kappa shape index (κ3) is 1.79. The van der Waals surface area contributed by atoms with Crippen LogP contribution in [0.5, 0.6) is 11.5 Å². The maximum Gasteiger partial charge on any atom is 0.165 e. The lowest BCUT2D eigenvalue weighted by molar-refractivity contribution is 0.319. The first kappa shape index (κ1) is 10.3. The summed E-state index contributed by atoms with van der Waals surface area (Å²) in [6, 6.07) is 9.45. The highest BCUT2D eigenvalue weighted by Crippen LogP contribution is 2.39. The Hall–Kier alpha value is -1.22. The molecule has 0 heterocycles. The molecule has 0 saturated heterocycles. The highest BCUT2D eigenvalue weighted by atomic mass is 79.9. The second kappa shape index (κ2) is 4.11. The molecule has 15 heavy (non-hydrogen) atoms. The molecule has 0 spiro atoms. The van der Waals surface area contributed by atoms with Gasteiger partial charge in [-0.15, -0.1) is 0 Å². The van der Waals surface area contributed by atoms with Crippen molar-refractivity contribution in [1.29, 1.82) is 0 Å². The van der Waals surface area contributed by atoms with Crippen molar-refractivity contribution < 1.29 is 9.84 Å². The van der Waals surface area contributed by atoms with Gasteiger partial charge in [0.05, 0.1) is 6.61 Å². The van der Waals surface area contributed by atoms with Crippen molar-refractivity contribution in [2.24, 2.45) is 0 Å². The van der Waals surface area contributed by atoms with Gasteiger partial charge in [-0.25, -0.2) is 0 Å². The molecule has 2 aromatic carbocycles. The first-order valence-electron chi connectivity index (χ1n) is 4.77. The topological polar surface area (TPSA) is 29.5 Å². The standard InChI is InChI=1S/C12H11BrO2/c1-2-15-11-7-10(13)8-5-3-4-6-9(8)12(11)14/h3-7,14H,2H2,1H3. The molecule has 0 radical (unpaired) electrons. The van der Waals surface area contributed by atoms with E-state index in [1.165, 1.54) is 0 Å². The van der Waals surface area contributed by atoms with Gasteiger partial charge in [0.15, 0.2) is 11.5 Å². The minimum atomic E-state index is 0.204. The molecule has 0 aliphatic carbocycles. The van der Waals surface area contributed by atoms with Crippen LogP contribution in [0.2, 0.25) is 0 Å². The Labute approximate surface area is 96.6 Å². The predicted octanol–water partition coefficient (Wildman–Crippen LogP) is 3.71. The van der Waals surface area contributed by atoms with E-state index in [0.717, 1.165) is 15.2 Å². The van der Waals surface area contributed by atoms with Gasteiger partial charge in [-0.05, 0) is 18.4 Å². The van der Waals surface area contributed by atoms with E-state index < -0.39 is 0 Å². The highest BCUT2D eigenvalue weighted by Gasteiger charge is 2.09. The molecule has 1 N–H and O–H groups in total. The van der Waals surface area contributed by atoms with Crippen LogP contribution in [-0.4, -0.2) is 11.7 Å². The Kier molecular flexibility index (Phi) is 2.82. The first-order chi connectivity index (χ1) is 7.24. The molecule has 0 fully saturated rings. The van der Waals surface area contributed by atoms with Crippen molar-refractivity contribution in [2.75, 3.05) is 6.61 Å². The van der Waals surface area contributed by atoms with Gasteiger partial charge in [0.25, 0.3) is 0 Å². The SMILES string of the molecule is CCOc1cc(Br)c2ccccc2c1O. The molecular formula is C12H11BrO2. The zero-order valence-electron chi connectivity index (χ0n) is 8.33. The third-order valence-corrected chi connectivity index (χ3v) is 2.89. The maximum absolute atomic E-state index is 9.96. The molecule has 2 rings (SSSR count). The Morgan fingerprint density at radius 2 is 1.93 bits per heavy atom.